The summed E-state index contributed by atoms with van der Waals surface area (Å²) in [7, 11) is -2.41. The van der Waals surface area contributed by atoms with Gasteiger partial charge in [-0.25, -0.2) is 4.79 Å². The van der Waals surface area contributed by atoms with Crippen LogP contribution in [0.15, 0.2) is 18.2 Å². The van der Waals surface area contributed by atoms with Gasteiger partial charge >= 0.3 is 5.97 Å². The highest BCUT2D eigenvalue weighted by molar-refractivity contribution is 7.73. The van der Waals surface area contributed by atoms with Crippen molar-refractivity contribution < 1.29 is 17.9 Å². The highest BCUT2D eigenvalue weighted by atomic mass is 35.5. The first kappa shape index (κ1) is 14.3. The van der Waals surface area contributed by atoms with Gasteiger partial charge in [-0.05, 0) is 24.6 Å². The molecule has 0 spiro atoms. The van der Waals surface area contributed by atoms with E-state index in [4.69, 9.17) is 27.9 Å². The number of hydrogen-bond donors (Lipinski definition) is 1. The van der Waals surface area contributed by atoms with Crippen molar-refractivity contribution in [2.45, 2.75) is 12.5 Å². The topological polar surface area (TPSA) is 72.5 Å². The molecule has 0 bridgehead atoms. The lowest BCUT2D eigenvalue weighted by atomic mass is 10.2. The maximum Gasteiger partial charge on any atom is 0.333 e. The molecule has 0 saturated carbocycles. The van der Waals surface area contributed by atoms with E-state index in [1.165, 1.54) is 18.2 Å². The van der Waals surface area contributed by atoms with Crippen LogP contribution in [0, 0.1) is 0 Å². The molecule has 1 saturated heterocycles. The standard InChI is InChI=1S/C11H9Cl2NO4S/c12-6-3-7(13)5-8(4-6)18-11(15)10-9(19(16)17)1-2-14-10/h3-5,10,14H,1-2H2/t10-/m0/s1. The second-order valence-corrected chi connectivity index (χ2v) is 5.73. The zero-order valence-electron chi connectivity index (χ0n) is 9.52. The highest BCUT2D eigenvalue weighted by Gasteiger charge is 2.31. The number of benzene rings is 1. The summed E-state index contributed by atoms with van der Waals surface area (Å²) in [4.78, 5) is 12.0. The third-order valence-corrected chi connectivity index (χ3v) is 3.85. The minimum absolute atomic E-state index is 0.0955. The number of halogens is 2. The van der Waals surface area contributed by atoms with Gasteiger partial charge in [0.1, 0.15) is 11.8 Å². The smallest absolute Gasteiger partial charge is 0.333 e. The van der Waals surface area contributed by atoms with Crippen molar-refractivity contribution in [3.63, 3.8) is 0 Å². The van der Waals surface area contributed by atoms with Crippen molar-refractivity contribution in [1.29, 1.82) is 0 Å². The number of hydrogen-bond acceptors (Lipinski definition) is 5. The van der Waals surface area contributed by atoms with Crippen LogP contribution in [-0.2, 0) is 15.1 Å². The second-order valence-electron chi connectivity index (χ2n) is 3.86. The average Bonchev–Trinajstić information content (AvgIpc) is 2.75. The molecule has 0 aromatic heterocycles. The predicted molar refractivity (Wildman–Crippen MR) is 72.4 cm³/mol. The molecule has 1 atom stereocenters. The molecule has 8 heteroatoms. The molecule has 19 heavy (non-hydrogen) atoms. The van der Waals surface area contributed by atoms with E-state index in [1.54, 1.807) is 0 Å². The summed E-state index contributed by atoms with van der Waals surface area (Å²) in [6.45, 7) is 0.416. The molecule has 0 radical (unpaired) electrons. The summed E-state index contributed by atoms with van der Waals surface area (Å²) in [5.41, 5.74) is 0. The third kappa shape index (κ3) is 3.48. The Balaban J connectivity index is 2.20. The van der Waals surface area contributed by atoms with Gasteiger partial charge in [-0.15, -0.1) is 0 Å². The summed E-state index contributed by atoms with van der Waals surface area (Å²) in [5.74, 6) is -0.526. The van der Waals surface area contributed by atoms with Gasteiger partial charge in [0, 0.05) is 16.6 Å². The number of carbonyl (C=O) groups excluding carboxylic acids is 1. The van der Waals surface area contributed by atoms with Crippen molar-refractivity contribution in [3.8, 4) is 5.75 Å². The number of esters is 1. The van der Waals surface area contributed by atoms with Crippen LogP contribution >= 0.6 is 23.2 Å². The molecular weight excluding hydrogens is 313 g/mol. The molecule has 1 aliphatic heterocycles. The molecule has 1 N–H and O–H groups in total. The summed E-state index contributed by atoms with van der Waals surface area (Å²) in [6, 6.07) is 3.40. The molecule has 1 heterocycles. The first-order chi connectivity index (χ1) is 8.97. The van der Waals surface area contributed by atoms with Crippen molar-refractivity contribution in [2.24, 2.45) is 0 Å². The molecule has 0 unspecified atom stereocenters. The third-order valence-electron chi connectivity index (χ3n) is 2.55. The SMILES string of the molecule is O=C(Oc1cc(Cl)cc(Cl)c1)[C@H]1NCCC1=S(=O)=O. The van der Waals surface area contributed by atoms with Gasteiger partial charge in [-0.1, -0.05) is 23.2 Å². The van der Waals surface area contributed by atoms with E-state index in [9.17, 15) is 13.2 Å². The van der Waals surface area contributed by atoms with Crippen molar-refractivity contribution >= 4 is 44.3 Å². The van der Waals surface area contributed by atoms with Crippen molar-refractivity contribution in [3.05, 3.63) is 28.2 Å². The van der Waals surface area contributed by atoms with Crippen LogP contribution in [0.1, 0.15) is 6.42 Å². The average molecular weight is 322 g/mol. The Labute approximate surface area is 121 Å². The lowest BCUT2D eigenvalue weighted by Crippen LogP contribution is -2.39. The predicted octanol–water partition coefficient (Wildman–Crippen LogP) is 1.31. The fourth-order valence-electron chi connectivity index (χ4n) is 1.75. The van der Waals surface area contributed by atoms with Crippen LogP contribution in [-0.4, -0.2) is 31.8 Å². The Morgan fingerprint density at radius 3 is 2.47 bits per heavy atom. The fourth-order valence-corrected chi connectivity index (χ4v) is 2.90. The molecule has 102 valence electrons. The van der Waals surface area contributed by atoms with Gasteiger partial charge in [0.25, 0.3) is 0 Å². The Hall–Kier alpha value is -1.08. The fraction of sp³-hybridized carbons (Fsp3) is 0.273. The molecule has 5 nitrogen and oxygen atoms in total. The largest absolute Gasteiger partial charge is 0.425 e. The van der Waals surface area contributed by atoms with E-state index >= 15 is 0 Å². The van der Waals surface area contributed by atoms with E-state index in [0.717, 1.165) is 0 Å². The quantitative estimate of drug-likeness (QED) is 0.505. The van der Waals surface area contributed by atoms with E-state index in [1.807, 2.05) is 0 Å². The molecule has 1 aromatic rings. The van der Waals surface area contributed by atoms with E-state index in [2.05, 4.69) is 5.32 Å². The van der Waals surface area contributed by atoms with Crippen LogP contribution in [0.4, 0.5) is 0 Å². The monoisotopic (exact) mass is 321 g/mol. The lowest BCUT2D eigenvalue weighted by Gasteiger charge is -2.10. The van der Waals surface area contributed by atoms with Crippen LogP contribution in [0.3, 0.4) is 0 Å². The summed E-state index contributed by atoms with van der Waals surface area (Å²) in [5, 5.41) is 3.42. The number of carbonyl (C=O) groups is 1. The van der Waals surface area contributed by atoms with Gasteiger partial charge in [0.2, 0.25) is 10.3 Å². The first-order valence-corrected chi connectivity index (χ1v) is 7.16. The molecule has 0 aliphatic carbocycles. The number of ether oxygens (including phenoxy) is 1. The van der Waals surface area contributed by atoms with Gasteiger partial charge < -0.3 is 4.74 Å². The molecule has 2 rings (SSSR count). The van der Waals surface area contributed by atoms with Crippen molar-refractivity contribution in [2.75, 3.05) is 6.54 Å². The van der Waals surface area contributed by atoms with E-state index in [0.29, 0.717) is 23.0 Å². The van der Waals surface area contributed by atoms with Gasteiger partial charge in [-0.2, -0.15) is 8.42 Å². The Morgan fingerprint density at radius 2 is 1.89 bits per heavy atom. The highest BCUT2D eigenvalue weighted by Crippen LogP contribution is 2.24. The molecule has 0 amide bonds. The van der Waals surface area contributed by atoms with E-state index < -0.39 is 22.3 Å². The van der Waals surface area contributed by atoms with Crippen LogP contribution < -0.4 is 10.1 Å². The maximum atomic E-state index is 11.9. The molecule has 1 fully saturated rings. The minimum Gasteiger partial charge on any atom is -0.425 e. The Morgan fingerprint density at radius 1 is 1.26 bits per heavy atom. The Kier molecular flexibility index (Phi) is 4.46. The number of rotatable bonds is 2. The molecular formula is C11H9Cl2NO4S. The second kappa shape index (κ2) is 5.92. The van der Waals surface area contributed by atoms with Crippen LogP contribution in [0.2, 0.25) is 10.0 Å². The lowest BCUT2D eigenvalue weighted by molar-refractivity contribution is -0.134. The zero-order chi connectivity index (χ0) is 14.0. The van der Waals surface area contributed by atoms with E-state index in [-0.39, 0.29) is 10.6 Å². The van der Waals surface area contributed by atoms with Gasteiger partial charge in [0.15, 0.2) is 0 Å². The number of nitrogens with one attached hydrogen (secondary N) is 1. The summed E-state index contributed by atoms with van der Waals surface area (Å²) >= 11 is 11.6. The van der Waals surface area contributed by atoms with Crippen LogP contribution in [0.5, 0.6) is 5.75 Å². The Bertz CT molecular complexity index is 628. The summed E-state index contributed by atoms with van der Waals surface area (Å²) in [6.07, 6.45) is 0.298. The maximum absolute atomic E-state index is 11.9. The minimum atomic E-state index is -2.41. The summed E-state index contributed by atoms with van der Waals surface area (Å²) < 4.78 is 27.0. The van der Waals surface area contributed by atoms with Crippen LogP contribution in [0.25, 0.3) is 0 Å². The van der Waals surface area contributed by atoms with Gasteiger partial charge in [0.05, 0.1) is 4.86 Å². The normalized spacial score (nSPS) is 18.4. The molecule has 1 aromatic carbocycles. The van der Waals surface area contributed by atoms with Gasteiger partial charge in [-0.3, -0.25) is 5.32 Å². The first-order valence-electron chi connectivity index (χ1n) is 5.33. The van der Waals surface area contributed by atoms with Crippen molar-refractivity contribution in [1.82, 2.24) is 5.32 Å². The zero-order valence-corrected chi connectivity index (χ0v) is 11.8. The molecule has 1 aliphatic rings.